The zero-order valence-electron chi connectivity index (χ0n) is 9.55. The minimum atomic E-state index is 0.0247. The second-order valence-electron chi connectivity index (χ2n) is 3.85. The zero-order valence-corrected chi connectivity index (χ0v) is 13.4. The molecule has 2 nitrogen and oxygen atoms in total. The van der Waals surface area contributed by atoms with Crippen LogP contribution in [0.1, 0.15) is 5.56 Å². The van der Waals surface area contributed by atoms with Crippen LogP contribution in [0.25, 0.3) is 0 Å². The van der Waals surface area contributed by atoms with Crippen LogP contribution in [0.5, 0.6) is 5.75 Å². The minimum absolute atomic E-state index is 0.0247. The number of benzene rings is 2. The van der Waals surface area contributed by atoms with E-state index in [1.165, 1.54) is 6.07 Å². The molecule has 0 aliphatic carbocycles. The first kappa shape index (κ1) is 14.8. The second-order valence-corrected chi connectivity index (χ2v) is 5.89. The van der Waals surface area contributed by atoms with E-state index >= 15 is 0 Å². The van der Waals surface area contributed by atoms with E-state index in [1.807, 2.05) is 12.1 Å². The van der Waals surface area contributed by atoms with E-state index in [2.05, 4.69) is 21.2 Å². The van der Waals surface area contributed by atoms with Crippen molar-refractivity contribution in [2.75, 3.05) is 5.32 Å². The number of phenolic OH excluding ortho intramolecular Hbond substituents is 1. The van der Waals surface area contributed by atoms with Crippen molar-refractivity contribution < 1.29 is 5.11 Å². The summed E-state index contributed by atoms with van der Waals surface area (Å²) < 4.78 is 0.768. The van der Waals surface area contributed by atoms with Crippen molar-refractivity contribution in [3.8, 4) is 5.75 Å². The molecule has 0 fully saturated rings. The Balaban J connectivity index is 2.21. The first-order chi connectivity index (χ1) is 8.99. The predicted molar refractivity (Wildman–Crippen MR) is 84.6 cm³/mol. The Kier molecular flexibility index (Phi) is 4.85. The number of phenols is 1. The smallest absolute Gasteiger partial charge is 0.139 e. The lowest BCUT2D eigenvalue weighted by molar-refractivity contribution is 0.469. The van der Waals surface area contributed by atoms with Crippen molar-refractivity contribution in [1.29, 1.82) is 0 Å². The van der Waals surface area contributed by atoms with E-state index in [-0.39, 0.29) is 10.8 Å². The van der Waals surface area contributed by atoms with Crippen LogP contribution in [0.4, 0.5) is 5.69 Å². The lowest BCUT2D eigenvalue weighted by Gasteiger charge is -2.11. The van der Waals surface area contributed by atoms with Crippen LogP contribution >= 0.6 is 50.7 Å². The summed E-state index contributed by atoms with van der Waals surface area (Å²) in [5.74, 6) is 0.0247. The monoisotopic (exact) mass is 379 g/mol. The van der Waals surface area contributed by atoms with Crippen LogP contribution in [0, 0.1) is 0 Å². The Morgan fingerprint density at radius 2 is 1.84 bits per heavy atom. The van der Waals surface area contributed by atoms with Gasteiger partial charge in [0.1, 0.15) is 5.75 Å². The van der Waals surface area contributed by atoms with Crippen molar-refractivity contribution in [2.45, 2.75) is 6.54 Å². The molecular formula is C13H9BrCl3NO. The molecule has 0 radical (unpaired) electrons. The number of nitrogens with one attached hydrogen (secondary N) is 1. The Morgan fingerprint density at radius 3 is 2.58 bits per heavy atom. The molecule has 0 aliphatic heterocycles. The fourth-order valence-electron chi connectivity index (χ4n) is 1.58. The number of halogens is 4. The van der Waals surface area contributed by atoms with Crippen molar-refractivity contribution in [3.63, 3.8) is 0 Å². The third-order valence-electron chi connectivity index (χ3n) is 2.53. The van der Waals surface area contributed by atoms with E-state index in [0.717, 1.165) is 10.2 Å². The molecule has 6 heteroatoms. The minimum Gasteiger partial charge on any atom is -0.506 e. The summed E-state index contributed by atoms with van der Waals surface area (Å²) in [6.07, 6.45) is 0. The SMILES string of the molecule is Oc1c(Cl)cc(Cl)cc1CNc1cccc(Cl)c1Br. The molecule has 2 aromatic carbocycles. The fraction of sp³-hybridized carbons (Fsp3) is 0.0769. The second kappa shape index (κ2) is 6.23. The standard InChI is InChI=1S/C13H9BrCl3NO/c14-12-9(16)2-1-3-11(12)18-6-7-4-8(15)5-10(17)13(7)19/h1-5,18-19H,6H2. The van der Waals surface area contributed by atoms with Gasteiger partial charge in [0.05, 0.1) is 20.2 Å². The van der Waals surface area contributed by atoms with Crippen molar-refractivity contribution >= 4 is 56.4 Å². The normalized spacial score (nSPS) is 10.5. The summed E-state index contributed by atoms with van der Waals surface area (Å²) in [5.41, 5.74) is 1.44. The van der Waals surface area contributed by atoms with Crippen LogP contribution in [-0.4, -0.2) is 5.11 Å². The molecule has 0 saturated heterocycles. The van der Waals surface area contributed by atoms with Crippen LogP contribution < -0.4 is 5.32 Å². The lowest BCUT2D eigenvalue weighted by atomic mass is 10.2. The molecule has 0 amide bonds. The quantitative estimate of drug-likeness (QED) is 0.712. The van der Waals surface area contributed by atoms with E-state index in [4.69, 9.17) is 34.8 Å². The molecule has 0 heterocycles. The zero-order chi connectivity index (χ0) is 14.0. The van der Waals surface area contributed by atoms with Gasteiger partial charge in [0, 0.05) is 17.1 Å². The highest BCUT2D eigenvalue weighted by atomic mass is 79.9. The average molecular weight is 381 g/mol. The molecule has 0 atom stereocenters. The number of anilines is 1. The highest BCUT2D eigenvalue weighted by molar-refractivity contribution is 9.10. The maximum Gasteiger partial charge on any atom is 0.139 e. The first-order valence-electron chi connectivity index (χ1n) is 5.34. The van der Waals surface area contributed by atoms with Gasteiger partial charge in [-0.05, 0) is 40.2 Å². The average Bonchev–Trinajstić information content (AvgIpc) is 2.36. The van der Waals surface area contributed by atoms with Crippen LogP contribution in [0.2, 0.25) is 15.1 Å². The van der Waals surface area contributed by atoms with E-state index in [9.17, 15) is 5.11 Å². The van der Waals surface area contributed by atoms with Gasteiger partial charge in [-0.25, -0.2) is 0 Å². The Labute approximate surface area is 134 Å². The summed E-state index contributed by atoms with van der Waals surface area (Å²) in [4.78, 5) is 0. The maximum absolute atomic E-state index is 9.86. The summed E-state index contributed by atoms with van der Waals surface area (Å²) in [6, 6.07) is 8.65. The number of hydrogen-bond donors (Lipinski definition) is 2. The van der Waals surface area contributed by atoms with Gasteiger partial charge in [-0.1, -0.05) is 40.9 Å². The third-order valence-corrected chi connectivity index (χ3v) is 4.43. The van der Waals surface area contributed by atoms with E-state index in [1.54, 1.807) is 12.1 Å². The van der Waals surface area contributed by atoms with Crippen LogP contribution in [0.15, 0.2) is 34.8 Å². The molecule has 0 saturated carbocycles. The Bertz CT molecular complexity index is 619. The van der Waals surface area contributed by atoms with Gasteiger partial charge in [-0.2, -0.15) is 0 Å². The van der Waals surface area contributed by atoms with Crippen LogP contribution in [0.3, 0.4) is 0 Å². The van der Waals surface area contributed by atoms with Crippen LogP contribution in [-0.2, 0) is 6.54 Å². The number of aromatic hydroxyl groups is 1. The summed E-state index contributed by atoms with van der Waals surface area (Å²) in [5, 5.41) is 14.3. The van der Waals surface area contributed by atoms with E-state index < -0.39 is 0 Å². The Morgan fingerprint density at radius 1 is 1.11 bits per heavy atom. The molecule has 0 spiro atoms. The summed E-state index contributed by atoms with van der Waals surface area (Å²) >= 11 is 21.2. The highest BCUT2D eigenvalue weighted by Crippen LogP contribution is 2.33. The summed E-state index contributed by atoms with van der Waals surface area (Å²) in [7, 11) is 0. The van der Waals surface area contributed by atoms with Gasteiger partial charge >= 0.3 is 0 Å². The molecule has 100 valence electrons. The molecule has 19 heavy (non-hydrogen) atoms. The van der Waals surface area contributed by atoms with Gasteiger partial charge in [0.25, 0.3) is 0 Å². The van der Waals surface area contributed by atoms with Crippen molar-refractivity contribution in [2.24, 2.45) is 0 Å². The molecule has 0 aliphatic rings. The molecule has 2 aromatic rings. The van der Waals surface area contributed by atoms with Gasteiger partial charge < -0.3 is 10.4 Å². The summed E-state index contributed by atoms with van der Waals surface area (Å²) in [6.45, 7) is 0.380. The molecule has 0 unspecified atom stereocenters. The predicted octanol–water partition coefficient (Wildman–Crippen LogP) is 5.73. The number of hydrogen-bond acceptors (Lipinski definition) is 2. The molecule has 2 rings (SSSR count). The number of rotatable bonds is 3. The Hall–Kier alpha value is -0.610. The largest absolute Gasteiger partial charge is 0.506 e. The fourth-order valence-corrected chi connectivity index (χ4v) is 2.70. The topological polar surface area (TPSA) is 32.3 Å². The molecule has 2 N–H and O–H groups in total. The van der Waals surface area contributed by atoms with Gasteiger partial charge in [-0.3, -0.25) is 0 Å². The van der Waals surface area contributed by atoms with Crippen molar-refractivity contribution in [1.82, 2.24) is 0 Å². The first-order valence-corrected chi connectivity index (χ1v) is 7.26. The lowest BCUT2D eigenvalue weighted by Crippen LogP contribution is -2.00. The highest BCUT2D eigenvalue weighted by Gasteiger charge is 2.09. The van der Waals surface area contributed by atoms with Gasteiger partial charge in [-0.15, -0.1) is 0 Å². The molecule has 0 aromatic heterocycles. The van der Waals surface area contributed by atoms with Crippen molar-refractivity contribution in [3.05, 3.63) is 55.4 Å². The van der Waals surface area contributed by atoms with Gasteiger partial charge in [0.2, 0.25) is 0 Å². The van der Waals surface area contributed by atoms with Gasteiger partial charge in [0.15, 0.2) is 0 Å². The maximum atomic E-state index is 9.86. The van der Waals surface area contributed by atoms with E-state index in [0.29, 0.717) is 22.2 Å². The molecular weight excluding hydrogens is 372 g/mol. The molecule has 0 bridgehead atoms. The third kappa shape index (κ3) is 3.48.